The van der Waals surface area contributed by atoms with Crippen LogP contribution < -0.4 is 4.90 Å². The Bertz CT molecular complexity index is 1350. The van der Waals surface area contributed by atoms with E-state index in [1.54, 1.807) is 43.5 Å². The van der Waals surface area contributed by atoms with Crippen molar-refractivity contribution in [1.82, 2.24) is 10.1 Å². The van der Waals surface area contributed by atoms with E-state index in [-0.39, 0.29) is 30.2 Å². The van der Waals surface area contributed by atoms with Crippen LogP contribution in [0.3, 0.4) is 0 Å². The molecule has 0 radical (unpaired) electrons. The second kappa shape index (κ2) is 9.84. The molecule has 2 aromatic carbocycles. The summed E-state index contributed by atoms with van der Waals surface area (Å²) < 4.78 is 25.4. The first kappa shape index (κ1) is 23.1. The summed E-state index contributed by atoms with van der Waals surface area (Å²) in [5.41, 5.74) is 2.34. The second-order valence-electron chi connectivity index (χ2n) is 7.24. The Kier molecular flexibility index (Phi) is 6.69. The van der Waals surface area contributed by atoms with E-state index in [1.807, 2.05) is 6.07 Å². The van der Waals surface area contributed by atoms with E-state index in [4.69, 9.17) is 14.4 Å². The highest BCUT2D eigenvalue weighted by atomic mass is 32.1. The third-order valence-electron chi connectivity index (χ3n) is 4.87. The molecule has 4 aromatic rings. The van der Waals surface area contributed by atoms with Gasteiger partial charge in [-0.15, -0.1) is 11.3 Å². The van der Waals surface area contributed by atoms with Crippen molar-refractivity contribution in [2.75, 3.05) is 11.5 Å². The van der Waals surface area contributed by atoms with E-state index in [1.165, 1.54) is 29.5 Å². The predicted octanol–water partition coefficient (Wildman–Crippen LogP) is 5.83. The Morgan fingerprint density at radius 2 is 2.00 bits per heavy atom. The number of aliphatic carboxylic acids is 1. The molecule has 2 aromatic heterocycles. The molecule has 0 aliphatic carbocycles. The number of hydrogen-bond acceptors (Lipinski definition) is 7. The molecular formula is C24H20FN3O5S. The van der Waals surface area contributed by atoms with Crippen molar-refractivity contribution < 1.29 is 28.3 Å². The number of benzene rings is 2. The lowest BCUT2D eigenvalue weighted by atomic mass is 10.1. The van der Waals surface area contributed by atoms with Gasteiger partial charge in [-0.2, -0.15) is 0 Å². The second-order valence-corrected chi connectivity index (χ2v) is 8.10. The molecule has 174 valence electrons. The molecule has 8 nitrogen and oxygen atoms in total. The Hall–Kier alpha value is -4.05. The van der Waals surface area contributed by atoms with Crippen molar-refractivity contribution in [3.8, 4) is 22.0 Å². The molecule has 0 saturated heterocycles. The van der Waals surface area contributed by atoms with Gasteiger partial charge in [-0.05, 0) is 37.6 Å². The van der Waals surface area contributed by atoms with Gasteiger partial charge in [-0.3, -0.25) is 4.79 Å². The molecule has 1 amide bonds. The lowest BCUT2D eigenvalue weighted by Crippen LogP contribution is -2.28. The van der Waals surface area contributed by atoms with Crippen molar-refractivity contribution in [3.05, 3.63) is 71.0 Å². The zero-order chi connectivity index (χ0) is 24.2. The number of amides is 1. The molecule has 0 aliphatic heterocycles. The molecule has 1 N–H and O–H groups in total. The SMILES string of the molecule is CCOC(=O)N(c1ccccc1F)c1c(C)noc1-c1csc(-c2cccc(CC(=O)O)c2)n1. The molecule has 0 spiro atoms. The van der Waals surface area contributed by atoms with Gasteiger partial charge in [0.05, 0.1) is 18.7 Å². The molecular weight excluding hydrogens is 461 g/mol. The van der Waals surface area contributed by atoms with Gasteiger partial charge < -0.3 is 14.4 Å². The number of para-hydroxylation sites is 1. The number of thiazole rings is 1. The first-order valence-electron chi connectivity index (χ1n) is 10.3. The van der Waals surface area contributed by atoms with Gasteiger partial charge in [-0.25, -0.2) is 19.1 Å². The van der Waals surface area contributed by atoms with Crippen LogP contribution >= 0.6 is 11.3 Å². The van der Waals surface area contributed by atoms with Gasteiger partial charge in [-0.1, -0.05) is 35.5 Å². The van der Waals surface area contributed by atoms with Crippen LogP contribution in [0.5, 0.6) is 0 Å². The first-order valence-corrected chi connectivity index (χ1v) is 11.2. The average molecular weight is 482 g/mol. The normalized spacial score (nSPS) is 10.8. The van der Waals surface area contributed by atoms with Gasteiger partial charge in [0, 0.05) is 10.9 Å². The maximum Gasteiger partial charge on any atom is 0.419 e. The van der Waals surface area contributed by atoms with Crippen LogP contribution in [0.2, 0.25) is 0 Å². The summed E-state index contributed by atoms with van der Waals surface area (Å²) >= 11 is 1.32. The maximum absolute atomic E-state index is 14.7. The number of rotatable bonds is 7. The van der Waals surface area contributed by atoms with Crippen LogP contribution in [0, 0.1) is 12.7 Å². The van der Waals surface area contributed by atoms with Crippen molar-refractivity contribution >= 4 is 34.8 Å². The Morgan fingerprint density at radius 3 is 2.74 bits per heavy atom. The average Bonchev–Trinajstić information content (AvgIpc) is 3.43. The largest absolute Gasteiger partial charge is 0.481 e. The van der Waals surface area contributed by atoms with Crippen LogP contribution in [0.15, 0.2) is 58.4 Å². The molecule has 0 saturated carbocycles. The number of carboxylic acids is 1. The van der Waals surface area contributed by atoms with Gasteiger partial charge in [0.2, 0.25) is 5.76 Å². The van der Waals surface area contributed by atoms with Crippen molar-refractivity contribution in [2.24, 2.45) is 0 Å². The number of carbonyl (C=O) groups is 2. The number of carbonyl (C=O) groups excluding carboxylic acids is 1. The fraction of sp³-hybridized carbons (Fsp3) is 0.167. The molecule has 0 fully saturated rings. The maximum atomic E-state index is 14.7. The number of aryl methyl sites for hydroxylation is 1. The fourth-order valence-corrected chi connectivity index (χ4v) is 4.22. The molecule has 0 unspecified atom stereocenters. The summed E-state index contributed by atoms with van der Waals surface area (Å²) in [6.45, 7) is 3.39. The molecule has 0 atom stereocenters. The number of nitrogens with zero attached hydrogens (tertiary/aromatic N) is 3. The number of carboxylic acid groups (broad SMARTS) is 1. The van der Waals surface area contributed by atoms with Crippen LogP contribution in [-0.2, 0) is 16.0 Å². The van der Waals surface area contributed by atoms with Crippen molar-refractivity contribution in [2.45, 2.75) is 20.3 Å². The molecule has 0 bridgehead atoms. The zero-order valence-corrected chi connectivity index (χ0v) is 19.1. The predicted molar refractivity (Wildman–Crippen MR) is 125 cm³/mol. The Morgan fingerprint density at radius 1 is 1.21 bits per heavy atom. The van der Waals surface area contributed by atoms with Crippen LogP contribution in [0.1, 0.15) is 18.2 Å². The minimum Gasteiger partial charge on any atom is -0.481 e. The summed E-state index contributed by atoms with van der Waals surface area (Å²) in [6, 6.07) is 12.9. The zero-order valence-electron chi connectivity index (χ0n) is 18.3. The van der Waals surface area contributed by atoms with Gasteiger partial charge in [0.15, 0.2) is 0 Å². The van der Waals surface area contributed by atoms with E-state index in [0.29, 0.717) is 22.0 Å². The van der Waals surface area contributed by atoms with Crippen LogP contribution in [0.25, 0.3) is 22.0 Å². The van der Waals surface area contributed by atoms with Gasteiger partial charge in [0.25, 0.3) is 0 Å². The minimum atomic E-state index is -0.925. The fourth-order valence-electron chi connectivity index (χ4n) is 3.43. The molecule has 2 heterocycles. The number of aromatic nitrogens is 2. The highest BCUT2D eigenvalue weighted by Gasteiger charge is 2.31. The summed E-state index contributed by atoms with van der Waals surface area (Å²) in [6.07, 6.45) is -0.883. The highest BCUT2D eigenvalue weighted by molar-refractivity contribution is 7.13. The highest BCUT2D eigenvalue weighted by Crippen LogP contribution is 2.40. The third-order valence-corrected chi connectivity index (χ3v) is 5.76. The molecule has 4 rings (SSSR count). The van der Waals surface area contributed by atoms with Crippen LogP contribution in [0.4, 0.5) is 20.6 Å². The van der Waals surface area contributed by atoms with Crippen molar-refractivity contribution in [1.29, 1.82) is 0 Å². The molecule has 0 aliphatic rings. The number of ether oxygens (including phenoxy) is 1. The molecule has 34 heavy (non-hydrogen) atoms. The number of hydrogen-bond donors (Lipinski definition) is 1. The van der Waals surface area contributed by atoms with Crippen LogP contribution in [-0.4, -0.2) is 33.9 Å². The standard InChI is InChI=1S/C24H20FN3O5S/c1-3-32-24(31)28(19-10-5-4-9-17(19)25)21-14(2)27-33-22(21)18-13-34-23(26-18)16-8-6-7-15(11-16)12-20(29)30/h4-11,13H,3,12H2,1-2H3,(H,29,30). The van der Waals surface area contributed by atoms with E-state index < -0.39 is 17.9 Å². The monoisotopic (exact) mass is 481 g/mol. The van der Waals surface area contributed by atoms with E-state index in [0.717, 1.165) is 10.5 Å². The molecule has 10 heteroatoms. The van der Waals surface area contributed by atoms with Gasteiger partial charge in [0.1, 0.15) is 27.9 Å². The topological polar surface area (TPSA) is 106 Å². The third kappa shape index (κ3) is 4.67. The quantitative estimate of drug-likeness (QED) is 0.354. The Labute approximate surface area is 198 Å². The lowest BCUT2D eigenvalue weighted by molar-refractivity contribution is -0.136. The van der Waals surface area contributed by atoms with E-state index >= 15 is 0 Å². The van der Waals surface area contributed by atoms with Gasteiger partial charge >= 0.3 is 12.1 Å². The summed E-state index contributed by atoms with van der Waals surface area (Å²) in [5.74, 6) is -1.36. The summed E-state index contributed by atoms with van der Waals surface area (Å²) in [5, 5.41) is 15.4. The summed E-state index contributed by atoms with van der Waals surface area (Å²) in [4.78, 5) is 29.6. The van der Waals surface area contributed by atoms with E-state index in [2.05, 4.69) is 10.1 Å². The minimum absolute atomic E-state index is 0.00896. The smallest absolute Gasteiger partial charge is 0.419 e. The first-order chi connectivity index (χ1) is 16.4. The number of halogens is 1. The number of anilines is 2. The Balaban J connectivity index is 1.77. The summed E-state index contributed by atoms with van der Waals surface area (Å²) in [7, 11) is 0. The van der Waals surface area contributed by atoms with E-state index in [9.17, 15) is 14.0 Å². The lowest BCUT2D eigenvalue weighted by Gasteiger charge is -2.22. The van der Waals surface area contributed by atoms with Crippen molar-refractivity contribution in [3.63, 3.8) is 0 Å².